The van der Waals surface area contributed by atoms with Crippen LogP contribution in [0.25, 0.3) is 0 Å². The number of fused-ring (bicyclic) bond motifs is 1. The van der Waals surface area contributed by atoms with E-state index >= 15 is 0 Å². The van der Waals surface area contributed by atoms with Crippen molar-refractivity contribution in [3.05, 3.63) is 76.1 Å². The van der Waals surface area contributed by atoms with Crippen LogP contribution in [0.3, 0.4) is 0 Å². The molecule has 2 aromatic carbocycles. The first-order valence-electron chi connectivity index (χ1n) is 12.7. The summed E-state index contributed by atoms with van der Waals surface area (Å²) in [7, 11) is 0. The normalized spacial score (nSPS) is 23.7. The Bertz CT molecular complexity index is 1320. The number of piperidine rings is 1. The number of hydrogen-bond donors (Lipinski definition) is 0. The number of aromatic nitrogens is 2. The molecule has 3 aromatic rings. The molecule has 0 spiro atoms. The van der Waals surface area contributed by atoms with E-state index in [4.69, 9.17) is 25.8 Å². The zero-order chi connectivity index (χ0) is 25.6. The first-order chi connectivity index (χ1) is 17.9. The van der Waals surface area contributed by atoms with Crippen LogP contribution in [0.4, 0.5) is 4.39 Å². The second-order valence-electron chi connectivity index (χ2n) is 10.1. The number of hydrogen-bond acceptors (Lipinski definition) is 6. The van der Waals surface area contributed by atoms with Gasteiger partial charge in [-0.25, -0.2) is 9.37 Å². The highest BCUT2D eigenvalue weighted by atomic mass is 35.5. The van der Waals surface area contributed by atoms with E-state index in [0.29, 0.717) is 40.2 Å². The van der Waals surface area contributed by atoms with Gasteiger partial charge in [0.15, 0.2) is 17.8 Å². The molecule has 37 heavy (non-hydrogen) atoms. The van der Waals surface area contributed by atoms with Crippen molar-refractivity contribution >= 4 is 17.9 Å². The lowest BCUT2D eigenvalue weighted by Gasteiger charge is -2.33. The molecule has 0 bridgehead atoms. The van der Waals surface area contributed by atoms with Gasteiger partial charge in [0.05, 0.1) is 24.8 Å². The zero-order valence-electron chi connectivity index (χ0n) is 20.7. The molecule has 0 amide bonds. The van der Waals surface area contributed by atoms with E-state index in [1.54, 1.807) is 19.1 Å². The lowest BCUT2D eigenvalue weighted by atomic mass is 9.88. The van der Waals surface area contributed by atoms with Gasteiger partial charge in [0.1, 0.15) is 17.3 Å². The van der Waals surface area contributed by atoms with Crippen molar-refractivity contribution in [1.82, 2.24) is 14.5 Å². The summed E-state index contributed by atoms with van der Waals surface area (Å²) in [6, 6.07) is 10.4. The van der Waals surface area contributed by atoms with Crippen LogP contribution in [0.2, 0.25) is 5.02 Å². The first-order valence-corrected chi connectivity index (χ1v) is 13.1. The van der Waals surface area contributed by atoms with Crippen LogP contribution in [0.5, 0.6) is 11.5 Å². The maximum atomic E-state index is 14.7. The van der Waals surface area contributed by atoms with Crippen LogP contribution >= 0.6 is 11.6 Å². The summed E-state index contributed by atoms with van der Waals surface area (Å²) in [6.07, 6.45) is 5.75. The van der Waals surface area contributed by atoms with Crippen molar-refractivity contribution in [3.63, 3.8) is 0 Å². The quantitative estimate of drug-likeness (QED) is 0.390. The third-order valence-electron chi connectivity index (χ3n) is 7.62. The minimum Gasteiger partial charge on any atom is -0.444 e. The van der Waals surface area contributed by atoms with Crippen molar-refractivity contribution in [1.29, 1.82) is 0 Å². The summed E-state index contributed by atoms with van der Waals surface area (Å²) in [5, 5.41) is 0.328. The molecule has 2 atom stereocenters. The predicted octanol–water partition coefficient (Wildman–Crippen LogP) is 5.30. The highest BCUT2D eigenvalue weighted by molar-refractivity contribution is 6.30. The van der Waals surface area contributed by atoms with Gasteiger partial charge < -0.3 is 18.8 Å². The Morgan fingerprint density at radius 3 is 2.70 bits per heavy atom. The van der Waals surface area contributed by atoms with Crippen molar-refractivity contribution in [2.75, 3.05) is 19.7 Å². The topological polar surface area (TPSA) is 65.8 Å². The van der Waals surface area contributed by atoms with Gasteiger partial charge in [0, 0.05) is 30.3 Å². The van der Waals surface area contributed by atoms with Crippen LogP contribution < -0.4 is 9.47 Å². The Hall–Kier alpha value is -2.94. The predicted molar refractivity (Wildman–Crippen MR) is 136 cm³/mol. The van der Waals surface area contributed by atoms with Crippen LogP contribution in [0.1, 0.15) is 59.5 Å². The van der Waals surface area contributed by atoms with E-state index in [9.17, 15) is 9.18 Å². The molecule has 194 valence electrons. The SMILES string of the molecule is C[C@]1(c2ccc(Cl)cc2F)Oc2cccc(C3CCN(Cc4nc(C=O)cn4C[C@@H]4CCO4)CC3)c2O1. The number of halogens is 2. The van der Waals surface area contributed by atoms with E-state index in [1.807, 2.05) is 18.3 Å². The summed E-state index contributed by atoms with van der Waals surface area (Å²) in [5.74, 6) is 0.779. The summed E-state index contributed by atoms with van der Waals surface area (Å²) >= 11 is 5.94. The van der Waals surface area contributed by atoms with E-state index < -0.39 is 11.6 Å². The van der Waals surface area contributed by atoms with Crippen LogP contribution in [0.15, 0.2) is 42.6 Å². The maximum Gasteiger partial charge on any atom is 0.278 e. The van der Waals surface area contributed by atoms with Crippen molar-refractivity contribution in [2.24, 2.45) is 0 Å². The molecule has 2 saturated heterocycles. The Kier molecular flexibility index (Phi) is 6.42. The van der Waals surface area contributed by atoms with Crippen molar-refractivity contribution < 1.29 is 23.4 Å². The Morgan fingerprint density at radius 1 is 1.19 bits per heavy atom. The van der Waals surface area contributed by atoms with Gasteiger partial charge in [0.2, 0.25) is 0 Å². The van der Waals surface area contributed by atoms with E-state index in [0.717, 1.165) is 63.2 Å². The molecule has 1 aromatic heterocycles. The highest BCUT2D eigenvalue weighted by Crippen LogP contribution is 2.49. The Morgan fingerprint density at radius 2 is 2.00 bits per heavy atom. The fraction of sp³-hybridized carbons (Fsp3) is 0.429. The Balaban J connectivity index is 1.14. The average molecular weight is 526 g/mol. The summed E-state index contributed by atoms with van der Waals surface area (Å²) in [5.41, 5.74) is 1.86. The molecule has 4 heterocycles. The van der Waals surface area contributed by atoms with Crippen molar-refractivity contribution in [2.45, 2.75) is 57.1 Å². The van der Waals surface area contributed by atoms with E-state index in [-0.39, 0.29) is 6.10 Å². The summed E-state index contributed by atoms with van der Waals surface area (Å²) < 4.78 is 34.8. The van der Waals surface area contributed by atoms with Gasteiger partial charge >= 0.3 is 0 Å². The standard InChI is InChI=1S/C28H29ClFN3O4/c1-28(23-6-5-19(29)13-24(23)30)36-25-4-2-3-22(27(25)37-28)18-7-10-32(11-8-18)16-26-31-20(17-34)14-33(26)15-21-9-12-35-21/h2-6,13-14,17-18,21H,7-12,15-16H2,1H3/t21-,28-/m0/s1. The van der Waals surface area contributed by atoms with Crippen LogP contribution in [-0.2, 0) is 23.6 Å². The average Bonchev–Trinajstić information content (AvgIpc) is 3.41. The smallest absolute Gasteiger partial charge is 0.278 e. The number of carbonyl (C=O) groups is 1. The molecule has 3 aliphatic heterocycles. The molecule has 3 aliphatic rings. The van der Waals surface area contributed by atoms with Gasteiger partial charge in [0.25, 0.3) is 5.79 Å². The molecule has 0 saturated carbocycles. The number of para-hydroxylation sites is 1. The molecule has 0 unspecified atom stereocenters. The van der Waals surface area contributed by atoms with E-state index in [2.05, 4.69) is 20.5 Å². The highest BCUT2D eigenvalue weighted by Gasteiger charge is 2.43. The fourth-order valence-corrected chi connectivity index (χ4v) is 5.66. The van der Waals surface area contributed by atoms with Crippen molar-refractivity contribution in [3.8, 4) is 11.5 Å². The largest absolute Gasteiger partial charge is 0.444 e. The minimum absolute atomic E-state index is 0.201. The molecule has 9 heteroatoms. The Labute approximate surface area is 220 Å². The van der Waals surface area contributed by atoms with E-state index in [1.165, 1.54) is 6.07 Å². The number of ether oxygens (including phenoxy) is 3. The number of nitrogens with zero attached hydrogens (tertiary/aromatic N) is 3. The molecule has 6 rings (SSSR count). The number of imidazole rings is 1. The molecule has 0 aliphatic carbocycles. The number of carbonyl (C=O) groups excluding carboxylic acids is 1. The third kappa shape index (κ3) is 4.74. The number of rotatable bonds is 7. The molecular formula is C28H29ClFN3O4. The maximum absolute atomic E-state index is 14.7. The minimum atomic E-state index is -1.26. The summed E-state index contributed by atoms with van der Waals surface area (Å²) in [6.45, 7) is 5.73. The third-order valence-corrected chi connectivity index (χ3v) is 7.85. The van der Waals surface area contributed by atoms with Gasteiger partial charge in [-0.2, -0.15) is 0 Å². The second-order valence-corrected chi connectivity index (χ2v) is 10.6. The molecule has 7 nitrogen and oxygen atoms in total. The summed E-state index contributed by atoms with van der Waals surface area (Å²) in [4.78, 5) is 18.2. The second kappa shape index (κ2) is 9.74. The molecule has 0 N–H and O–H groups in total. The van der Waals surface area contributed by atoms with Crippen LogP contribution in [-0.4, -0.2) is 46.5 Å². The molecule has 0 radical (unpaired) electrons. The monoisotopic (exact) mass is 525 g/mol. The number of benzene rings is 2. The van der Waals surface area contributed by atoms with Gasteiger partial charge in [-0.1, -0.05) is 23.7 Å². The number of likely N-dealkylation sites (tertiary alicyclic amines) is 1. The van der Waals surface area contributed by atoms with Gasteiger partial charge in [-0.3, -0.25) is 9.69 Å². The molecular weight excluding hydrogens is 497 g/mol. The lowest BCUT2D eigenvalue weighted by molar-refractivity contribution is -0.0712. The van der Waals surface area contributed by atoms with Gasteiger partial charge in [-0.05, 0) is 62.5 Å². The zero-order valence-corrected chi connectivity index (χ0v) is 21.4. The number of aldehydes is 1. The fourth-order valence-electron chi connectivity index (χ4n) is 5.50. The lowest BCUT2D eigenvalue weighted by Crippen LogP contribution is -2.35. The first kappa shape index (κ1) is 24.4. The van der Waals surface area contributed by atoms with Crippen LogP contribution in [0, 0.1) is 5.82 Å². The molecule has 2 fully saturated rings. The van der Waals surface area contributed by atoms with Gasteiger partial charge in [-0.15, -0.1) is 0 Å².